The molecule has 0 spiro atoms. The van der Waals surface area contributed by atoms with E-state index in [4.69, 9.17) is 4.74 Å². The summed E-state index contributed by atoms with van der Waals surface area (Å²) in [7, 11) is 0. The topological polar surface area (TPSA) is 37.0 Å². The summed E-state index contributed by atoms with van der Waals surface area (Å²) in [4.78, 5) is 3.57. The summed E-state index contributed by atoms with van der Waals surface area (Å²) >= 11 is 0. The van der Waals surface area contributed by atoms with Crippen molar-refractivity contribution in [2.24, 2.45) is 0 Å². The summed E-state index contributed by atoms with van der Waals surface area (Å²) < 4.78 is 5.50. The first-order chi connectivity index (χ1) is 8.75. The van der Waals surface area contributed by atoms with Gasteiger partial charge >= 0.3 is 0 Å². The van der Waals surface area contributed by atoms with Crippen LogP contribution in [0, 0.1) is 13.8 Å². The molecule has 1 aromatic heterocycles. The molecule has 2 N–H and O–H groups in total. The van der Waals surface area contributed by atoms with Gasteiger partial charge in [0.15, 0.2) is 0 Å². The molecular weight excluding hydrogens is 224 g/mol. The van der Waals surface area contributed by atoms with E-state index in [1.807, 2.05) is 0 Å². The second kappa shape index (κ2) is 4.75. The summed E-state index contributed by atoms with van der Waals surface area (Å²) in [5, 5.41) is 4.90. The standard InChI is InChI=1S/C15H20N2O/c1-10-3-4-13-12(9-10)11(2)15(17-13)14-5-7-18-8-6-16-14/h3-4,9,14,16-17H,5-8H2,1-2H3. The molecule has 1 saturated heterocycles. The smallest absolute Gasteiger partial charge is 0.0591 e. The van der Waals surface area contributed by atoms with Crippen molar-refractivity contribution >= 4 is 10.9 Å². The van der Waals surface area contributed by atoms with Crippen LogP contribution in [0.2, 0.25) is 0 Å². The van der Waals surface area contributed by atoms with E-state index < -0.39 is 0 Å². The highest BCUT2D eigenvalue weighted by Gasteiger charge is 2.19. The molecule has 1 unspecified atom stereocenters. The van der Waals surface area contributed by atoms with Crippen molar-refractivity contribution in [3.8, 4) is 0 Å². The summed E-state index contributed by atoms with van der Waals surface area (Å²) in [6.07, 6.45) is 1.03. The zero-order chi connectivity index (χ0) is 12.5. The van der Waals surface area contributed by atoms with Gasteiger partial charge in [0.25, 0.3) is 0 Å². The second-order valence-corrected chi connectivity index (χ2v) is 5.12. The predicted octanol–water partition coefficient (Wildman–Crippen LogP) is 2.84. The lowest BCUT2D eigenvalue weighted by molar-refractivity contribution is 0.150. The number of nitrogens with one attached hydrogen (secondary N) is 2. The van der Waals surface area contributed by atoms with Crippen LogP contribution < -0.4 is 5.32 Å². The van der Waals surface area contributed by atoms with E-state index in [9.17, 15) is 0 Å². The van der Waals surface area contributed by atoms with Crippen LogP contribution in [0.1, 0.15) is 29.3 Å². The molecule has 1 fully saturated rings. The second-order valence-electron chi connectivity index (χ2n) is 5.12. The summed E-state index contributed by atoms with van der Waals surface area (Å²) in [6.45, 7) is 6.93. The Morgan fingerprint density at radius 3 is 3.00 bits per heavy atom. The average Bonchev–Trinajstić information content (AvgIpc) is 2.59. The minimum atomic E-state index is 0.389. The van der Waals surface area contributed by atoms with Crippen molar-refractivity contribution in [3.63, 3.8) is 0 Å². The summed E-state index contributed by atoms with van der Waals surface area (Å²) in [6, 6.07) is 6.98. The first kappa shape index (κ1) is 11.8. The maximum atomic E-state index is 5.50. The first-order valence-corrected chi connectivity index (χ1v) is 6.65. The molecule has 3 nitrogen and oxygen atoms in total. The number of H-pyrrole nitrogens is 1. The van der Waals surface area contributed by atoms with Gasteiger partial charge in [-0.05, 0) is 38.0 Å². The molecule has 2 heterocycles. The Bertz CT molecular complexity index is 551. The van der Waals surface area contributed by atoms with E-state index in [0.717, 1.165) is 26.2 Å². The molecule has 0 amide bonds. The van der Waals surface area contributed by atoms with E-state index in [2.05, 4.69) is 42.3 Å². The Kier molecular flexibility index (Phi) is 3.10. The van der Waals surface area contributed by atoms with Crippen LogP contribution in [-0.4, -0.2) is 24.7 Å². The molecule has 1 atom stereocenters. The van der Waals surface area contributed by atoms with Gasteiger partial charge in [-0.1, -0.05) is 11.6 Å². The number of ether oxygens (including phenoxy) is 1. The third kappa shape index (κ3) is 2.04. The van der Waals surface area contributed by atoms with E-state index in [1.165, 1.54) is 27.7 Å². The Morgan fingerprint density at radius 1 is 1.22 bits per heavy atom. The molecule has 0 bridgehead atoms. The van der Waals surface area contributed by atoms with E-state index in [-0.39, 0.29) is 0 Å². The van der Waals surface area contributed by atoms with Gasteiger partial charge in [0.2, 0.25) is 0 Å². The number of benzene rings is 1. The van der Waals surface area contributed by atoms with Crippen molar-refractivity contribution in [2.45, 2.75) is 26.3 Å². The van der Waals surface area contributed by atoms with Crippen LogP contribution >= 0.6 is 0 Å². The number of hydrogen-bond donors (Lipinski definition) is 2. The van der Waals surface area contributed by atoms with Gasteiger partial charge in [0, 0.05) is 35.8 Å². The third-order valence-corrected chi connectivity index (χ3v) is 3.79. The molecular formula is C15H20N2O. The molecule has 1 aromatic carbocycles. The molecule has 0 aliphatic carbocycles. The molecule has 3 rings (SSSR count). The fourth-order valence-electron chi connectivity index (χ4n) is 2.77. The highest BCUT2D eigenvalue weighted by atomic mass is 16.5. The van der Waals surface area contributed by atoms with E-state index in [0.29, 0.717) is 6.04 Å². The lowest BCUT2D eigenvalue weighted by atomic mass is 10.0. The van der Waals surface area contributed by atoms with Crippen molar-refractivity contribution < 1.29 is 4.74 Å². The quantitative estimate of drug-likeness (QED) is 0.809. The molecule has 0 saturated carbocycles. The summed E-state index contributed by atoms with van der Waals surface area (Å²) in [5.41, 5.74) is 5.24. The number of aromatic nitrogens is 1. The normalized spacial score (nSPS) is 21.1. The number of rotatable bonds is 1. The molecule has 1 aliphatic rings. The molecule has 18 heavy (non-hydrogen) atoms. The minimum absolute atomic E-state index is 0.389. The predicted molar refractivity (Wildman–Crippen MR) is 74.0 cm³/mol. The van der Waals surface area contributed by atoms with Crippen LogP contribution in [-0.2, 0) is 4.74 Å². The Labute approximate surface area is 108 Å². The maximum Gasteiger partial charge on any atom is 0.0591 e. The van der Waals surface area contributed by atoms with Gasteiger partial charge in [0.1, 0.15) is 0 Å². The minimum Gasteiger partial charge on any atom is -0.380 e. The van der Waals surface area contributed by atoms with Gasteiger partial charge in [-0.15, -0.1) is 0 Å². The van der Waals surface area contributed by atoms with Gasteiger partial charge in [-0.3, -0.25) is 0 Å². The molecule has 1 aliphatic heterocycles. The lowest BCUT2D eigenvalue weighted by Crippen LogP contribution is -2.22. The van der Waals surface area contributed by atoms with Crippen molar-refractivity contribution in [1.82, 2.24) is 10.3 Å². The number of hydrogen-bond acceptors (Lipinski definition) is 2. The summed E-state index contributed by atoms with van der Waals surface area (Å²) in [5.74, 6) is 0. The molecule has 3 heteroatoms. The van der Waals surface area contributed by atoms with E-state index >= 15 is 0 Å². The number of aromatic amines is 1. The van der Waals surface area contributed by atoms with Crippen molar-refractivity contribution in [3.05, 3.63) is 35.0 Å². The van der Waals surface area contributed by atoms with Gasteiger partial charge < -0.3 is 15.0 Å². The van der Waals surface area contributed by atoms with E-state index in [1.54, 1.807) is 0 Å². The lowest BCUT2D eigenvalue weighted by Gasteiger charge is -2.14. The monoisotopic (exact) mass is 244 g/mol. The Hall–Kier alpha value is -1.32. The number of aryl methyl sites for hydroxylation is 2. The zero-order valence-electron chi connectivity index (χ0n) is 11.0. The largest absolute Gasteiger partial charge is 0.380 e. The van der Waals surface area contributed by atoms with Gasteiger partial charge in [-0.2, -0.15) is 0 Å². The van der Waals surface area contributed by atoms with Crippen LogP contribution in [0.25, 0.3) is 10.9 Å². The third-order valence-electron chi connectivity index (χ3n) is 3.79. The fraction of sp³-hybridized carbons (Fsp3) is 0.467. The molecule has 96 valence electrons. The van der Waals surface area contributed by atoms with Crippen molar-refractivity contribution in [1.29, 1.82) is 0 Å². The van der Waals surface area contributed by atoms with Crippen LogP contribution in [0.15, 0.2) is 18.2 Å². The highest BCUT2D eigenvalue weighted by molar-refractivity contribution is 5.85. The fourth-order valence-corrected chi connectivity index (χ4v) is 2.77. The molecule has 0 radical (unpaired) electrons. The first-order valence-electron chi connectivity index (χ1n) is 6.65. The number of fused-ring (bicyclic) bond motifs is 1. The zero-order valence-corrected chi connectivity index (χ0v) is 11.0. The molecule has 2 aromatic rings. The van der Waals surface area contributed by atoms with Gasteiger partial charge in [-0.25, -0.2) is 0 Å². The highest BCUT2D eigenvalue weighted by Crippen LogP contribution is 2.28. The Balaban J connectivity index is 2.03. The average molecular weight is 244 g/mol. The van der Waals surface area contributed by atoms with Crippen molar-refractivity contribution in [2.75, 3.05) is 19.8 Å². The van der Waals surface area contributed by atoms with Crippen LogP contribution in [0.5, 0.6) is 0 Å². The van der Waals surface area contributed by atoms with Crippen LogP contribution in [0.3, 0.4) is 0 Å². The van der Waals surface area contributed by atoms with Crippen LogP contribution in [0.4, 0.5) is 0 Å². The van der Waals surface area contributed by atoms with Gasteiger partial charge in [0.05, 0.1) is 6.61 Å². The maximum absolute atomic E-state index is 5.50. The Morgan fingerprint density at radius 2 is 2.11 bits per heavy atom. The SMILES string of the molecule is Cc1ccc2[nH]c(C3CCOCCN3)c(C)c2c1.